The predicted octanol–water partition coefficient (Wildman–Crippen LogP) is 4.03. The van der Waals surface area contributed by atoms with Crippen LogP contribution >= 0.6 is 15.9 Å². The fourth-order valence-electron chi connectivity index (χ4n) is 3.81. The van der Waals surface area contributed by atoms with Crippen molar-refractivity contribution in [3.63, 3.8) is 0 Å². The lowest BCUT2D eigenvalue weighted by Gasteiger charge is -2.32. The monoisotopic (exact) mass is 454 g/mol. The molecule has 150 valence electrons. The van der Waals surface area contributed by atoms with E-state index in [9.17, 15) is 9.59 Å². The van der Waals surface area contributed by atoms with Gasteiger partial charge in [0.1, 0.15) is 6.54 Å². The number of hydrogen-bond donors (Lipinski definition) is 1. The minimum absolute atomic E-state index is 0.129. The van der Waals surface area contributed by atoms with Crippen molar-refractivity contribution in [3.05, 3.63) is 63.4 Å². The van der Waals surface area contributed by atoms with Gasteiger partial charge in [0, 0.05) is 28.6 Å². The molecular formula is C22H23BrN4O2. The Hall–Kier alpha value is -2.67. The van der Waals surface area contributed by atoms with Gasteiger partial charge in [-0.05, 0) is 49.1 Å². The molecular weight excluding hydrogens is 432 g/mol. The molecule has 0 spiro atoms. The molecule has 2 heterocycles. The summed E-state index contributed by atoms with van der Waals surface area (Å²) >= 11 is 3.38. The van der Waals surface area contributed by atoms with Crippen LogP contribution in [0.4, 0.5) is 11.5 Å². The smallest absolute Gasteiger partial charge is 0.275 e. The minimum atomic E-state index is -0.282. The first-order valence-electron chi connectivity index (χ1n) is 9.81. The van der Waals surface area contributed by atoms with Crippen LogP contribution in [0.2, 0.25) is 0 Å². The Balaban J connectivity index is 1.66. The number of anilines is 2. The van der Waals surface area contributed by atoms with Gasteiger partial charge >= 0.3 is 0 Å². The fourth-order valence-corrected chi connectivity index (χ4v) is 4.07. The highest BCUT2D eigenvalue weighted by atomic mass is 79.9. The van der Waals surface area contributed by atoms with Gasteiger partial charge in [-0.25, -0.2) is 4.68 Å². The van der Waals surface area contributed by atoms with E-state index in [1.165, 1.54) is 11.1 Å². The largest absolute Gasteiger partial charge is 0.354 e. The van der Waals surface area contributed by atoms with Crippen molar-refractivity contribution < 1.29 is 4.79 Å². The minimum Gasteiger partial charge on any atom is -0.354 e. The highest BCUT2D eigenvalue weighted by Crippen LogP contribution is 2.26. The number of amides is 1. The zero-order valence-electron chi connectivity index (χ0n) is 16.3. The average molecular weight is 455 g/mol. The fraction of sp³-hybridized carbons (Fsp3) is 0.318. The van der Waals surface area contributed by atoms with Gasteiger partial charge < -0.3 is 10.2 Å². The van der Waals surface area contributed by atoms with Crippen LogP contribution in [0.1, 0.15) is 19.8 Å². The number of benzene rings is 2. The molecule has 4 rings (SSSR count). The Bertz CT molecular complexity index is 1090. The standard InChI is InChI=1S/C22H23BrN4O2/c1-15-5-4-12-26(13-15)21-18-6-2-3-7-19(18)22(29)27(25-21)14-20(28)24-17-10-8-16(23)9-11-17/h2-3,6-11,15H,4-5,12-14H2,1H3,(H,24,28). The lowest BCUT2D eigenvalue weighted by atomic mass is 10.00. The summed E-state index contributed by atoms with van der Waals surface area (Å²) in [7, 11) is 0. The number of carbonyl (C=O) groups is 1. The van der Waals surface area contributed by atoms with Crippen LogP contribution in [-0.2, 0) is 11.3 Å². The topological polar surface area (TPSA) is 67.2 Å². The van der Waals surface area contributed by atoms with Crippen molar-refractivity contribution in [1.29, 1.82) is 0 Å². The molecule has 1 aliphatic rings. The second-order valence-electron chi connectivity index (χ2n) is 7.58. The summed E-state index contributed by atoms with van der Waals surface area (Å²) in [5, 5.41) is 8.88. The maximum atomic E-state index is 13.0. The number of aromatic nitrogens is 2. The molecule has 6 nitrogen and oxygen atoms in total. The molecule has 7 heteroatoms. The second-order valence-corrected chi connectivity index (χ2v) is 8.50. The van der Waals surface area contributed by atoms with Crippen molar-refractivity contribution in [3.8, 4) is 0 Å². The summed E-state index contributed by atoms with van der Waals surface area (Å²) in [6, 6.07) is 14.8. The molecule has 1 saturated heterocycles. The first kappa shape index (κ1) is 19.6. The molecule has 1 unspecified atom stereocenters. The van der Waals surface area contributed by atoms with Gasteiger partial charge in [0.15, 0.2) is 5.82 Å². The van der Waals surface area contributed by atoms with Gasteiger partial charge in [-0.1, -0.05) is 41.1 Å². The van der Waals surface area contributed by atoms with Gasteiger partial charge in [0.25, 0.3) is 5.56 Å². The molecule has 3 aromatic rings. The molecule has 0 aliphatic carbocycles. The first-order valence-corrected chi connectivity index (χ1v) is 10.6. The number of halogens is 1. The summed E-state index contributed by atoms with van der Waals surface area (Å²) in [4.78, 5) is 27.7. The Kier molecular flexibility index (Phi) is 5.67. The van der Waals surface area contributed by atoms with Gasteiger partial charge in [-0.3, -0.25) is 9.59 Å². The Labute approximate surface area is 177 Å². The van der Waals surface area contributed by atoms with Crippen LogP contribution in [0.25, 0.3) is 10.8 Å². The first-order chi connectivity index (χ1) is 14.0. The molecule has 1 fully saturated rings. The van der Waals surface area contributed by atoms with Crippen molar-refractivity contribution in [2.45, 2.75) is 26.3 Å². The summed E-state index contributed by atoms with van der Waals surface area (Å²) in [5.74, 6) is 1.07. The third kappa shape index (κ3) is 4.34. The van der Waals surface area contributed by atoms with E-state index in [1.807, 2.05) is 30.3 Å². The predicted molar refractivity (Wildman–Crippen MR) is 119 cm³/mol. The number of fused-ring (bicyclic) bond motifs is 1. The number of piperidine rings is 1. The molecule has 0 radical (unpaired) electrons. The second kappa shape index (κ2) is 8.37. The average Bonchev–Trinajstić information content (AvgIpc) is 2.72. The van der Waals surface area contributed by atoms with Crippen LogP contribution in [0.5, 0.6) is 0 Å². The highest BCUT2D eigenvalue weighted by Gasteiger charge is 2.22. The van der Waals surface area contributed by atoms with Crippen LogP contribution in [0.3, 0.4) is 0 Å². The molecule has 1 N–H and O–H groups in total. The Morgan fingerprint density at radius 3 is 2.62 bits per heavy atom. The van der Waals surface area contributed by atoms with E-state index in [0.29, 0.717) is 17.0 Å². The number of nitrogens with zero attached hydrogens (tertiary/aromatic N) is 3. The third-order valence-electron chi connectivity index (χ3n) is 5.23. The quantitative estimate of drug-likeness (QED) is 0.645. The molecule has 2 aromatic carbocycles. The lowest BCUT2D eigenvalue weighted by molar-refractivity contribution is -0.117. The van der Waals surface area contributed by atoms with Crippen molar-refractivity contribution in [2.24, 2.45) is 5.92 Å². The van der Waals surface area contributed by atoms with Crippen molar-refractivity contribution >= 4 is 44.1 Å². The summed E-state index contributed by atoms with van der Waals surface area (Å²) in [6.45, 7) is 3.91. The SMILES string of the molecule is CC1CCCN(c2nn(CC(=O)Nc3ccc(Br)cc3)c(=O)c3ccccc23)C1. The summed E-state index contributed by atoms with van der Waals surface area (Å²) in [5.41, 5.74) is 0.428. The highest BCUT2D eigenvalue weighted by molar-refractivity contribution is 9.10. The van der Waals surface area contributed by atoms with Crippen LogP contribution in [0, 0.1) is 5.92 Å². The zero-order chi connectivity index (χ0) is 20.4. The molecule has 1 amide bonds. The van der Waals surface area contributed by atoms with E-state index in [0.717, 1.165) is 35.2 Å². The van der Waals surface area contributed by atoms with E-state index in [-0.39, 0.29) is 18.0 Å². The van der Waals surface area contributed by atoms with E-state index in [4.69, 9.17) is 0 Å². The normalized spacial score (nSPS) is 16.8. The number of nitrogens with one attached hydrogen (secondary N) is 1. The Morgan fingerprint density at radius 1 is 1.17 bits per heavy atom. The lowest BCUT2D eigenvalue weighted by Crippen LogP contribution is -2.38. The van der Waals surface area contributed by atoms with Crippen LogP contribution < -0.4 is 15.8 Å². The maximum absolute atomic E-state index is 13.0. The zero-order valence-corrected chi connectivity index (χ0v) is 17.9. The Morgan fingerprint density at radius 2 is 1.90 bits per heavy atom. The molecule has 1 aromatic heterocycles. The van der Waals surface area contributed by atoms with E-state index >= 15 is 0 Å². The van der Waals surface area contributed by atoms with Crippen molar-refractivity contribution in [1.82, 2.24) is 9.78 Å². The van der Waals surface area contributed by atoms with Gasteiger partial charge in [0.2, 0.25) is 5.91 Å². The van der Waals surface area contributed by atoms with Crippen LogP contribution in [-0.4, -0.2) is 28.8 Å². The van der Waals surface area contributed by atoms with Gasteiger partial charge in [-0.2, -0.15) is 5.10 Å². The summed E-state index contributed by atoms with van der Waals surface area (Å²) in [6.07, 6.45) is 2.30. The van der Waals surface area contributed by atoms with Gasteiger partial charge in [-0.15, -0.1) is 0 Å². The summed E-state index contributed by atoms with van der Waals surface area (Å²) < 4.78 is 2.22. The van der Waals surface area contributed by atoms with Crippen LogP contribution in [0.15, 0.2) is 57.8 Å². The van der Waals surface area contributed by atoms with E-state index in [2.05, 4.69) is 38.2 Å². The molecule has 0 bridgehead atoms. The number of hydrogen-bond acceptors (Lipinski definition) is 4. The van der Waals surface area contributed by atoms with E-state index < -0.39 is 0 Å². The van der Waals surface area contributed by atoms with E-state index in [1.54, 1.807) is 18.2 Å². The molecule has 29 heavy (non-hydrogen) atoms. The van der Waals surface area contributed by atoms with Crippen molar-refractivity contribution in [2.75, 3.05) is 23.3 Å². The maximum Gasteiger partial charge on any atom is 0.275 e. The molecule has 1 aliphatic heterocycles. The third-order valence-corrected chi connectivity index (χ3v) is 5.75. The molecule has 0 saturated carbocycles. The molecule has 1 atom stereocenters. The van der Waals surface area contributed by atoms with Gasteiger partial charge in [0.05, 0.1) is 5.39 Å². The number of rotatable bonds is 4. The number of carbonyl (C=O) groups excluding carboxylic acids is 1.